The van der Waals surface area contributed by atoms with Gasteiger partial charge in [-0.1, -0.05) is 12.7 Å². The van der Waals surface area contributed by atoms with E-state index in [1.54, 1.807) is 37.8 Å². The van der Waals surface area contributed by atoms with Gasteiger partial charge < -0.3 is 29.1 Å². The van der Waals surface area contributed by atoms with E-state index in [1.165, 1.54) is 17.0 Å². The summed E-state index contributed by atoms with van der Waals surface area (Å²) >= 11 is 0. The molecule has 188 valence electrons. The molecular weight excluding hydrogens is 440 g/mol. The van der Waals surface area contributed by atoms with Gasteiger partial charge in [0.25, 0.3) is 0 Å². The number of aromatic carboxylic acids is 1. The number of hydrogen-bond acceptors (Lipinski definition) is 6. The summed E-state index contributed by atoms with van der Waals surface area (Å²) in [5, 5.41) is 9.48. The van der Waals surface area contributed by atoms with Gasteiger partial charge in [-0.2, -0.15) is 0 Å². The van der Waals surface area contributed by atoms with Crippen LogP contribution in [0.2, 0.25) is 0 Å². The molecule has 0 bridgehead atoms. The second kappa shape index (κ2) is 10.8. The van der Waals surface area contributed by atoms with Gasteiger partial charge in [-0.15, -0.1) is 0 Å². The zero-order chi connectivity index (χ0) is 25.7. The molecule has 0 atom stereocenters. The van der Waals surface area contributed by atoms with Crippen LogP contribution in [0.15, 0.2) is 30.9 Å². The molecule has 2 amide bonds. The number of rotatable bonds is 8. The first-order valence-electron chi connectivity index (χ1n) is 11.2. The maximum Gasteiger partial charge on any atom is 0.410 e. The summed E-state index contributed by atoms with van der Waals surface area (Å²) in [5.74, 6) is -0.682. The van der Waals surface area contributed by atoms with Crippen molar-refractivity contribution < 1.29 is 33.7 Å². The molecule has 1 aliphatic heterocycles. The van der Waals surface area contributed by atoms with E-state index in [4.69, 9.17) is 14.2 Å². The molecule has 0 spiro atoms. The molecule has 34 heavy (non-hydrogen) atoms. The summed E-state index contributed by atoms with van der Waals surface area (Å²) in [6.07, 6.45) is 0.663. The molecule has 1 heterocycles. The molecule has 0 aromatic heterocycles. The van der Waals surface area contributed by atoms with Gasteiger partial charge in [-0.25, -0.2) is 14.4 Å². The van der Waals surface area contributed by atoms with E-state index < -0.39 is 23.3 Å². The van der Waals surface area contributed by atoms with Crippen molar-refractivity contribution in [3.05, 3.63) is 42.0 Å². The monoisotopic (exact) mass is 476 g/mol. The second-order valence-corrected chi connectivity index (χ2v) is 10.4. The lowest BCUT2D eigenvalue weighted by molar-refractivity contribution is -0.0123. The summed E-state index contributed by atoms with van der Waals surface area (Å²) in [6, 6.07) is 4.63. The van der Waals surface area contributed by atoms with Crippen molar-refractivity contribution in [2.75, 3.05) is 26.2 Å². The molecule has 1 aromatic carbocycles. The van der Waals surface area contributed by atoms with Gasteiger partial charge in [0.15, 0.2) is 0 Å². The predicted octanol–water partition coefficient (Wildman–Crippen LogP) is 4.55. The van der Waals surface area contributed by atoms with Crippen LogP contribution in [0.4, 0.5) is 9.59 Å². The van der Waals surface area contributed by atoms with Gasteiger partial charge in [-0.05, 0) is 65.3 Å². The van der Waals surface area contributed by atoms with E-state index in [1.807, 2.05) is 20.8 Å². The van der Waals surface area contributed by atoms with Crippen LogP contribution in [-0.2, 0) is 16.0 Å². The van der Waals surface area contributed by atoms with Crippen molar-refractivity contribution in [2.45, 2.75) is 59.3 Å². The van der Waals surface area contributed by atoms with E-state index in [9.17, 15) is 19.5 Å². The fourth-order valence-electron chi connectivity index (χ4n) is 3.34. The minimum atomic E-state index is -1.10. The molecule has 2 rings (SSSR count). The molecule has 0 radical (unpaired) electrons. The van der Waals surface area contributed by atoms with Crippen LogP contribution >= 0.6 is 0 Å². The summed E-state index contributed by atoms with van der Waals surface area (Å²) in [6.45, 7) is 16.0. The Kier molecular flexibility index (Phi) is 8.58. The highest BCUT2D eigenvalue weighted by Crippen LogP contribution is 2.24. The smallest absolute Gasteiger partial charge is 0.410 e. The van der Waals surface area contributed by atoms with Crippen molar-refractivity contribution in [1.29, 1.82) is 0 Å². The number of carbonyl (C=O) groups is 3. The number of likely N-dealkylation sites (tertiary alicyclic amines) is 1. The average Bonchev–Trinajstić information content (AvgIpc) is 2.64. The molecule has 0 saturated carbocycles. The average molecular weight is 477 g/mol. The van der Waals surface area contributed by atoms with Crippen molar-refractivity contribution >= 4 is 18.2 Å². The minimum Gasteiger partial charge on any atom is -0.490 e. The Morgan fingerprint density at radius 2 is 1.71 bits per heavy atom. The van der Waals surface area contributed by atoms with Gasteiger partial charge in [-0.3, -0.25) is 0 Å². The first kappa shape index (κ1) is 27.0. The Morgan fingerprint density at radius 1 is 1.09 bits per heavy atom. The predicted molar refractivity (Wildman–Crippen MR) is 127 cm³/mol. The quantitative estimate of drug-likeness (QED) is 0.549. The third kappa shape index (κ3) is 8.61. The first-order chi connectivity index (χ1) is 15.7. The third-order valence-electron chi connectivity index (χ3n) is 4.69. The lowest BCUT2D eigenvalue weighted by Crippen LogP contribution is -2.55. The van der Waals surface area contributed by atoms with Crippen LogP contribution in [0, 0.1) is 5.92 Å². The van der Waals surface area contributed by atoms with Crippen molar-refractivity contribution in [3.63, 3.8) is 0 Å². The highest BCUT2D eigenvalue weighted by molar-refractivity contribution is 5.88. The largest absolute Gasteiger partial charge is 0.490 e. The van der Waals surface area contributed by atoms with Crippen LogP contribution in [0.25, 0.3) is 0 Å². The summed E-state index contributed by atoms with van der Waals surface area (Å²) in [4.78, 5) is 39.9. The minimum absolute atomic E-state index is 0.0409. The van der Waals surface area contributed by atoms with Crippen molar-refractivity contribution in [2.24, 2.45) is 5.92 Å². The third-order valence-corrected chi connectivity index (χ3v) is 4.69. The Balaban J connectivity index is 2.17. The van der Waals surface area contributed by atoms with Crippen molar-refractivity contribution in [1.82, 2.24) is 9.80 Å². The Hall–Kier alpha value is -3.23. The maximum absolute atomic E-state index is 13.0. The normalized spacial score (nSPS) is 14.1. The second-order valence-electron chi connectivity index (χ2n) is 10.4. The van der Waals surface area contributed by atoms with E-state index in [-0.39, 0.29) is 30.7 Å². The zero-order valence-corrected chi connectivity index (χ0v) is 20.9. The fraction of sp³-hybridized carbons (Fsp3) is 0.560. The lowest BCUT2D eigenvalue weighted by atomic mass is 9.99. The number of benzene rings is 1. The van der Waals surface area contributed by atoms with Gasteiger partial charge in [0.2, 0.25) is 0 Å². The summed E-state index contributed by atoms with van der Waals surface area (Å²) < 4.78 is 16.5. The topological polar surface area (TPSA) is 106 Å². The van der Waals surface area contributed by atoms with Crippen molar-refractivity contribution in [3.8, 4) is 5.75 Å². The Morgan fingerprint density at radius 3 is 2.24 bits per heavy atom. The van der Waals surface area contributed by atoms with Gasteiger partial charge >= 0.3 is 18.2 Å². The SMILES string of the molecule is C=CCOc1cc(CN(CC2CN(C(=O)OC(C)(C)C)C2)C(=O)OC(C)(C)C)cc(C(=O)O)c1. The van der Waals surface area contributed by atoms with E-state index >= 15 is 0 Å². The standard InChI is InChI=1S/C25H36N2O7/c1-8-9-32-20-11-17(10-19(12-20)21(28)29)13-26(22(30)33-24(2,3)4)14-18-15-27(16-18)23(31)34-25(5,6)7/h8,10-12,18H,1,9,13-16H2,2-7H3,(H,28,29). The molecule has 1 N–H and O–H groups in total. The number of carboxylic acids is 1. The zero-order valence-electron chi connectivity index (χ0n) is 20.9. The van der Waals surface area contributed by atoms with Crippen LogP contribution in [-0.4, -0.2) is 70.5 Å². The van der Waals surface area contributed by atoms with E-state index in [2.05, 4.69) is 6.58 Å². The molecule has 1 aliphatic rings. The number of ether oxygens (including phenoxy) is 3. The Labute approximate surface area is 201 Å². The highest BCUT2D eigenvalue weighted by atomic mass is 16.6. The van der Waals surface area contributed by atoms with Crippen LogP contribution < -0.4 is 4.74 Å². The molecule has 9 heteroatoms. The number of amides is 2. The van der Waals surface area contributed by atoms with Crippen LogP contribution in [0.1, 0.15) is 57.5 Å². The number of hydrogen-bond donors (Lipinski definition) is 1. The molecule has 1 fully saturated rings. The van der Waals surface area contributed by atoms with Crippen LogP contribution in [0.3, 0.4) is 0 Å². The molecule has 0 aliphatic carbocycles. The van der Waals surface area contributed by atoms with Gasteiger partial charge in [0, 0.05) is 32.1 Å². The Bertz CT molecular complexity index is 909. The lowest BCUT2D eigenvalue weighted by Gasteiger charge is -2.42. The number of carboxylic acid groups (broad SMARTS) is 1. The van der Waals surface area contributed by atoms with E-state index in [0.29, 0.717) is 30.9 Å². The molecular formula is C25H36N2O7. The summed E-state index contributed by atoms with van der Waals surface area (Å²) in [5.41, 5.74) is -0.627. The van der Waals surface area contributed by atoms with Gasteiger partial charge in [0.1, 0.15) is 23.6 Å². The van der Waals surface area contributed by atoms with Gasteiger partial charge in [0.05, 0.1) is 5.56 Å². The van der Waals surface area contributed by atoms with Crippen LogP contribution in [0.5, 0.6) is 5.75 Å². The highest BCUT2D eigenvalue weighted by Gasteiger charge is 2.36. The number of carbonyl (C=O) groups excluding carboxylic acids is 2. The van der Waals surface area contributed by atoms with E-state index in [0.717, 1.165) is 0 Å². The summed E-state index contributed by atoms with van der Waals surface area (Å²) in [7, 11) is 0. The first-order valence-corrected chi connectivity index (χ1v) is 11.2. The fourth-order valence-corrected chi connectivity index (χ4v) is 3.34. The molecule has 0 unspecified atom stereocenters. The molecule has 1 aromatic rings. The molecule has 1 saturated heterocycles. The maximum atomic E-state index is 13.0. The number of nitrogens with zero attached hydrogens (tertiary/aromatic N) is 2. The molecule has 9 nitrogen and oxygen atoms in total.